The average molecular weight is 864 g/mol. The van der Waals surface area contributed by atoms with Gasteiger partial charge < -0.3 is 18.9 Å². The van der Waals surface area contributed by atoms with Crippen LogP contribution in [0, 0.1) is 37.3 Å². The Labute approximate surface area is 353 Å². The smallest absolute Gasteiger partial charge is 0.309 e. The Morgan fingerprint density at radius 3 is 1.58 bits per heavy atom. The number of hydrogen-bond acceptors (Lipinski definition) is 6. The lowest BCUT2D eigenvalue weighted by Crippen LogP contribution is -2.07. The highest BCUT2D eigenvalue weighted by Gasteiger charge is 2.46. The minimum Gasteiger partial charge on any atom is -0.486 e. The van der Waals surface area contributed by atoms with E-state index in [4.69, 9.17) is 18.9 Å². The maximum absolute atomic E-state index is 15.0. The van der Waals surface area contributed by atoms with Crippen LogP contribution in [0.25, 0.3) is 11.1 Å². The predicted molar refractivity (Wildman–Crippen MR) is 227 cm³/mol. The fraction of sp³-hybridized carbons (Fsp3) is 0.360. The van der Waals surface area contributed by atoms with E-state index in [2.05, 4.69) is 48.0 Å². The molecule has 6 atom stereocenters. The third-order valence-electron chi connectivity index (χ3n) is 12.2. The first kappa shape index (κ1) is 40.7. The second-order valence-electron chi connectivity index (χ2n) is 16.0. The molecular formula is C50H49BrF2O6. The summed E-state index contributed by atoms with van der Waals surface area (Å²) in [5, 5.41) is 0. The number of rotatable bonds is 11. The van der Waals surface area contributed by atoms with E-state index in [1.807, 2.05) is 68.4 Å². The van der Waals surface area contributed by atoms with Crippen molar-refractivity contribution in [2.24, 2.45) is 11.8 Å². The van der Waals surface area contributed by atoms with Gasteiger partial charge in [0.1, 0.15) is 35.3 Å². The van der Waals surface area contributed by atoms with Crippen LogP contribution < -0.4 is 9.47 Å². The molecule has 9 heteroatoms. The van der Waals surface area contributed by atoms with Crippen molar-refractivity contribution in [1.82, 2.24) is 0 Å². The molecule has 0 N–H and O–H groups in total. The molecule has 9 rings (SSSR count). The third-order valence-corrected chi connectivity index (χ3v) is 12.9. The van der Waals surface area contributed by atoms with E-state index in [9.17, 15) is 18.4 Å². The first-order valence-corrected chi connectivity index (χ1v) is 21.6. The van der Waals surface area contributed by atoms with Crippen LogP contribution in [0.15, 0.2) is 95.5 Å². The van der Waals surface area contributed by atoms with Gasteiger partial charge in [-0.3, -0.25) is 9.59 Å². The zero-order valence-electron chi connectivity index (χ0n) is 33.9. The van der Waals surface area contributed by atoms with Gasteiger partial charge in [-0.05, 0) is 165 Å². The van der Waals surface area contributed by atoms with Crippen LogP contribution in [0.1, 0.15) is 108 Å². The van der Waals surface area contributed by atoms with Crippen molar-refractivity contribution in [3.63, 3.8) is 0 Å². The monoisotopic (exact) mass is 862 g/mol. The van der Waals surface area contributed by atoms with Crippen LogP contribution in [0.5, 0.6) is 11.5 Å². The normalized spacial score (nSPS) is 22.0. The molecule has 0 aliphatic heterocycles. The highest BCUT2D eigenvalue weighted by Crippen LogP contribution is 2.50. The summed E-state index contributed by atoms with van der Waals surface area (Å²) in [6.45, 7) is 8.70. The van der Waals surface area contributed by atoms with Gasteiger partial charge in [-0.1, -0.05) is 64.5 Å². The lowest BCUT2D eigenvalue weighted by molar-refractivity contribution is -0.145. The number of benzene rings is 5. The van der Waals surface area contributed by atoms with Gasteiger partial charge in [0.05, 0.1) is 25.0 Å². The Morgan fingerprint density at radius 1 is 0.627 bits per heavy atom. The summed E-state index contributed by atoms with van der Waals surface area (Å²) in [5.74, 6) is 1.23. The topological polar surface area (TPSA) is 71.1 Å². The van der Waals surface area contributed by atoms with Gasteiger partial charge in [-0.2, -0.15) is 0 Å². The average Bonchev–Trinajstić information content (AvgIpc) is 4.13. The minimum atomic E-state index is -0.302. The van der Waals surface area contributed by atoms with Crippen molar-refractivity contribution in [3.8, 4) is 22.6 Å². The molecule has 306 valence electrons. The van der Waals surface area contributed by atoms with Crippen molar-refractivity contribution in [2.75, 3.05) is 13.2 Å². The van der Waals surface area contributed by atoms with Gasteiger partial charge in [0, 0.05) is 15.6 Å². The summed E-state index contributed by atoms with van der Waals surface area (Å²) in [4.78, 5) is 23.7. The zero-order valence-corrected chi connectivity index (χ0v) is 35.5. The van der Waals surface area contributed by atoms with E-state index in [1.165, 1.54) is 22.8 Å². The fourth-order valence-corrected chi connectivity index (χ4v) is 9.62. The van der Waals surface area contributed by atoms with E-state index in [-0.39, 0.29) is 59.5 Å². The summed E-state index contributed by atoms with van der Waals surface area (Å²) < 4.78 is 52.7. The number of ether oxygens (including phenoxy) is 4. The van der Waals surface area contributed by atoms with E-state index >= 15 is 0 Å². The molecule has 2 saturated carbocycles. The quantitative estimate of drug-likeness (QED) is 0.123. The number of hydrogen-bond donors (Lipinski definition) is 0. The van der Waals surface area contributed by atoms with Crippen LogP contribution >= 0.6 is 15.9 Å². The van der Waals surface area contributed by atoms with Crippen LogP contribution in [0.4, 0.5) is 8.78 Å². The van der Waals surface area contributed by atoms with Crippen molar-refractivity contribution >= 4 is 27.9 Å². The molecule has 0 spiro atoms. The number of aryl methyl sites for hydroxylation is 2. The SMILES string of the molecule is CCOC(=O)C1CC1c1ccc(O[C@@H]2CCc3c(-c4c(C)cccc4C)ccc(F)c32)cc1.CCOC(=O)C1CC1c1ccc(O[C@@H]2CCc3c(Br)ccc(F)c32)cc1. The van der Waals surface area contributed by atoms with Crippen molar-refractivity contribution in [3.05, 3.63) is 152 Å². The molecule has 59 heavy (non-hydrogen) atoms. The standard InChI is InChI=1S/C29H29FO3.C21H20BrFO3/c1-4-32-29(31)24-16-23(24)19-8-10-20(11-9-19)33-26-15-13-22-21(12-14-25(30)28(22)26)27-17(2)6-5-7-18(27)3;1-2-25-21(24)16-11-15(16)12-3-5-13(6-4-12)26-19-10-7-14-17(22)8-9-18(23)20(14)19/h5-12,14,23-24,26H,4,13,15-16H2,1-3H3;3-6,8-9,15-16,19H,2,7,10-11H2,1H3/t23?,24?,26-;15?,16?,19-/m11/s1. The maximum Gasteiger partial charge on any atom is 0.309 e. The summed E-state index contributed by atoms with van der Waals surface area (Å²) in [6, 6.07) is 28.7. The molecule has 6 nitrogen and oxygen atoms in total. The molecular weight excluding hydrogens is 814 g/mol. The van der Waals surface area contributed by atoms with E-state index in [1.54, 1.807) is 12.1 Å². The molecule has 0 bridgehead atoms. The second-order valence-corrected chi connectivity index (χ2v) is 16.9. The Morgan fingerprint density at radius 2 is 1.08 bits per heavy atom. The van der Waals surface area contributed by atoms with Crippen LogP contribution in [0.3, 0.4) is 0 Å². The van der Waals surface area contributed by atoms with Gasteiger partial charge in [-0.25, -0.2) is 8.78 Å². The Hall–Kier alpha value is -5.02. The highest BCUT2D eigenvalue weighted by molar-refractivity contribution is 9.10. The summed E-state index contributed by atoms with van der Waals surface area (Å²) in [5.41, 5.74) is 10.4. The highest BCUT2D eigenvalue weighted by atomic mass is 79.9. The molecule has 5 aromatic carbocycles. The van der Waals surface area contributed by atoms with Crippen LogP contribution in [0.2, 0.25) is 0 Å². The zero-order chi connectivity index (χ0) is 41.4. The van der Waals surface area contributed by atoms with Crippen LogP contribution in [-0.2, 0) is 31.9 Å². The van der Waals surface area contributed by atoms with Gasteiger partial charge >= 0.3 is 11.9 Å². The molecule has 0 heterocycles. The molecule has 4 aliphatic rings. The fourth-order valence-electron chi connectivity index (χ4n) is 9.08. The first-order valence-electron chi connectivity index (χ1n) is 20.8. The summed E-state index contributed by atoms with van der Waals surface area (Å²) in [6.07, 6.45) is 4.23. The maximum atomic E-state index is 15.0. The molecule has 5 aromatic rings. The molecule has 0 saturated heterocycles. The molecule has 4 unspecified atom stereocenters. The van der Waals surface area contributed by atoms with Gasteiger partial charge in [0.15, 0.2) is 0 Å². The number of esters is 2. The molecule has 4 aliphatic carbocycles. The number of fused-ring (bicyclic) bond motifs is 2. The van der Waals surface area contributed by atoms with Crippen molar-refractivity contribution < 1.29 is 37.3 Å². The first-order chi connectivity index (χ1) is 28.6. The largest absolute Gasteiger partial charge is 0.486 e. The molecule has 0 aromatic heterocycles. The lowest BCUT2D eigenvalue weighted by atomic mass is 9.90. The minimum absolute atomic E-state index is 0.0186. The Bertz CT molecular complexity index is 2340. The Balaban J connectivity index is 0.000000169. The Kier molecular flexibility index (Phi) is 11.9. The third kappa shape index (κ3) is 8.54. The number of carbonyl (C=O) groups excluding carboxylic acids is 2. The second kappa shape index (κ2) is 17.3. The summed E-state index contributed by atoms with van der Waals surface area (Å²) >= 11 is 3.50. The predicted octanol–water partition coefficient (Wildman–Crippen LogP) is 12.2. The molecule has 0 radical (unpaired) electrons. The van der Waals surface area contributed by atoms with E-state index in [0.717, 1.165) is 82.3 Å². The van der Waals surface area contributed by atoms with Gasteiger partial charge in [0.2, 0.25) is 0 Å². The van der Waals surface area contributed by atoms with Crippen LogP contribution in [-0.4, -0.2) is 25.2 Å². The van der Waals surface area contributed by atoms with Crippen molar-refractivity contribution in [2.45, 2.75) is 90.3 Å². The number of carbonyl (C=O) groups is 2. The van der Waals surface area contributed by atoms with E-state index < -0.39 is 0 Å². The summed E-state index contributed by atoms with van der Waals surface area (Å²) in [7, 11) is 0. The number of halogens is 3. The lowest BCUT2D eigenvalue weighted by Gasteiger charge is -2.18. The van der Waals surface area contributed by atoms with Gasteiger partial charge in [-0.15, -0.1) is 0 Å². The molecule has 0 amide bonds. The molecule has 2 fully saturated rings. The van der Waals surface area contributed by atoms with Crippen molar-refractivity contribution in [1.29, 1.82) is 0 Å². The van der Waals surface area contributed by atoms with Gasteiger partial charge in [0.25, 0.3) is 0 Å². The van der Waals surface area contributed by atoms with E-state index in [0.29, 0.717) is 24.3 Å².